The van der Waals surface area contributed by atoms with E-state index >= 15 is 0 Å². The molecule has 1 N–H and O–H groups in total. The first kappa shape index (κ1) is 18.1. The number of piperidine rings is 1. The molecule has 1 fully saturated rings. The minimum absolute atomic E-state index is 0.0466. The molecule has 1 saturated heterocycles. The Kier molecular flexibility index (Phi) is 6.00. The lowest BCUT2D eigenvalue weighted by Crippen LogP contribution is -2.36. The number of aryl methyl sites for hydroxylation is 1. The molecule has 0 radical (unpaired) electrons. The number of rotatable bonds is 5. The van der Waals surface area contributed by atoms with Crippen LogP contribution in [0.1, 0.15) is 41.6 Å². The highest BCUT2D eigenvalue weighted by Crippen LogP contribution is 2.20. The maximum absolute atomic E-state index is 13.7. The summed E-state index contributed by atoms with van der Waals surface area (Å²) in [6.07, 6.45) is 3.66. The fraction of sp³-hybridized carbons (Fsp3) is 0.333. The Labute approximate surface area is 153 Å². The van der Waals surface area contributed by atoms with Gasteiger partial charge in [0.2, 0.25) is 5.91 Å². The van der Waals surface area contributed by atoms with Gasteiger partial charge in [0.1, 0.15) is 5.82 Å². The maximum atomic E-state index is 13.7. The third-order valence-corrected chi connectivity index (χ3v) is 4.65. The van der Waals surface area contributed by atoms with Crippen LogP contribution in [0.2, 0.25) is 0 Å². The van der Waals surface area contributed by atoms with Crippen LogP contribution < -0.4 is 5.32 Å². The summed E-state index contributed by atoms with van der Waals surface area (Å²) in [4.78, 5) is 26.9. The monoisotopic (exact) mass is 354 g/mol. The van der Waals surface area contributed by atoms with E-state index in [4.69, 9.17) is 0 Å². The Hall–Kier alpha value is -2.69. The molecule has 0 aliphatic carbocycles. The molecule has 3 rings (SSSR count). The zero-order valence-corrected chi connectivity index (χ0v) is 14.7. The van der Waals surface area contributed by atoms with Crippen LogP contribution in [0, 0.1) is 5.82 Å². The van der Waals surface area contributed by atoms with Gasteiger partial charge in [-0.3, -0.25) is 9.59 Å². The SMILES string of the molecule is O=C(CCc1ccccc1F)Nc1ccccc1C(=O)N1CCCCC1. The van der Waals surface area contributed by atoms with Crippen molar-refractivity contribution in [3.63, 3.8) is 0 Å². The summed E-state index contributed by atoms with van der Waals surface area (Å²) in [5, 5.41) is 2.81. The van der Waals surface area contributed by atoms with Gasteiger partial charge in [-0.05, 0) is 49.4 Å². The zero-order chi connectivity index (χ0) is 18.4. The number of carbonyl (C=O) groups is 2. The van der Waals surface area contributed by atoms with Gasteiger partial charge in [0.15, 0.2) is 0 Å². The predicted molar refractivity (Wildman–Crippen MR) is 99.5 cm³/mol. The van der Waals surface area contributed by atoms with Crippen molar-refractivity contribution < 1.29 is 14.0 Å². The van der Waals surface area contributed by atoms with Gasteiger partial charge in [-0.2, -0.15) is 0 Å². The normalized spacial score (nSPS) is 14.1. The second-order valence-electron chi connectivity index (χ2n) is 6.54. The number of carbonyl (C=O) groups excluding carboxylic acids is 2. The van der Waals surface area contributed by atoms with Crippen molar-refractivity contribution >= 4 is 17.5 Å². The second-order valence-corrected chi connectivity index (χ2v) is 6.54. The van der Waals surface area contributed by atoms with Crippen LogP contribution in [0.5, 0.6) is 0 Å². The van der Waals surface area contributed by atoms with Crippen LogP contribution in [0.3, 0.4) is 0 Å². The summed E-state index contributed by atoms with van der Waals surface area (Å²) in [5.74, 6) is -0.581. The smallest absolute Gasteiger partial charge is 0.255 e. The molecule has 1 heterocycles. The van der Waals surface area contributed by atoms with Crippen LogP contribution in [0.4, 0.5) is 10.1 Å². The predicted octanol–water partition coefficient (Wildman–Crippen LogP) is 4.02. The molecule has 0 spiro atoms. The first-order valence-corrected chi connectivity index (χ1v) is 9.07. The summed E-state index contributed by atoms with van der Waals surface area (Å²) in [6.45, 7) is 1.52. The summed E-state index contributed by atoms with van der Waals surface area (Å²) < 4.78 is 13.7. The fourth-order valence-electron chi connectivity index (χ4n) is 3.21. The van der Waals surface area contributed by atoms with Gasteiger partial charge in [0, 0.05) is 19.5 Å². The highest BCUT2D eigenvalue weighted by molar-refractivity contribution is 6.03. The average Bonchev–Trinajstić information content (AvgIpc) is 2.68. The molecule has 0 aromatic heterocycles. The highest BCUT2D eigenvalue weighted by Gasteiger charge is 2.21. The number of benzene rings is 2. The van der Waals surface area contributed by atoms with Crippen molar-refractivity contribution in [2.75, 3.05) is 18.4 Å². The van der Waals surface area contributed by atoms with Gasteiger partial charge >= 0.3 is 0 Å². The minimum Gasteiger partial charge on any atom is -0.339 e. The quantitative estimate of drug-likeness (QED) is 0.881. The van der Waals surface area contributed by atoms with E-state index < -0.39 is 0 Å². The number of halogens is 1. The van der Waals surface area contributed by atoms with Crippen molar-refractivity contribution in [1.82, 2.24) is 4.90 Å². The summed E-state index contributed by atoms with van der Waals surface area (Å²) in [5.41, 5.74) is 1.54. The molecular weight excluding hydrogens is 331 g/mol. The van der Waals surface area contributed by atoms with Crippen LogP contribution >= 0.6 is 0 Å². The average molecular weight is 354 g/mol. The topological polar surface area (TPSA) is 49.4 Å². The molecule has 0 unspecified atom stereocenters. The summed E-state index contributed by atoms with van der Waals surface area (Å²) >= 11 is 0. The van der Waals surface area contributed by atoms with E-state index in [0.717, 1.165) is 32.4 Å². The first-order valence-electron chi connectivity index (χ1n) is 9.07. The molecule has 0 bridgehead atoms. The Morgan fingerprint density at radius 3 is 2.42 bits per heavy atom. The first-order chi connectivity index (χ1) is 12.6. The van der Waals surface area contributed by atoms with Crippen LogP contribution in [-0.2, 0) is 11.2 Å². The van der Waals surface area contributed by atoms with Crippen molar-refractivity contribution in [3.8, 4) is 0 Å². The second kappa shape index (κ2) is 8.61. The number of hydrogen-bond donors (Lipinski definition) is 1. The lowest BCUT2D eigenvalue weighted by Gasteiger charge is -2.27. The van der Waals surface area contributed by atoms with E-state index in [0.29, 0.717) is 23.2 Å². The number of hydrogen-bond acceptors (Lipinski definition) is 2. The highest BCUT2D eigenvalue weighted by atomic mass is 19.1. The van der Waals surface area contributed by atoms with E-state index in [1.807, 2.05) is 4.90 Å². The Bertz CT molecular complexity index is 785. The van der Waals surface area contributed by atoms with Gasteiger partial charge in [-0.15, -0.1) is 0 Å². The Morgan fingerprint density at radius 2 is 1.65 bits per heavy atom. The largest absolute Gasteiger partial charge is 0.339 e. The Morgan fingerprint density at radius 1 is 0.962 bits per heavy atom. The van der Waals surface area contributed by atoms with E-state index in [2.05, 4.69) is 5.32 Å². The van der Waals surface area contributed by atoms with Crippen LogP contribution in [0.25, 0.3) is 0 Å². The molecule has 1 aliphatic heterocycles. The van der Waals surface area contributed by atoms with Crippen molar-refractivity contribution in [3.05, 3.63) is 65.5 Å². The van der Waals surface area contributed by atoms with Crippen molar-refractivity contribution in [2.24, 2.45) is 0 Å². The van der Waals surface area contributed by atoms with E-state index in [-0.39, 0.29) is 24.1 Å². The summed E-state index contributed by atoms with van der Waals surface area (Å²) in [6, 6.07) is 13.5. The molecule has 26 heavy (non-hydrogen) atoms. The zero-order valence-electron chi connectivity index (χ0n) is 14.7. The molecule has 2 aromatic rings. The number of anilines is 1. The Balaban J connectivity index is 1.65. The van der Waals surface area contributed by atoms with Gasteiger partial charge in [-0.1, -0.05) is 30.3 Å². The number of nitrogens with zero attached hydrogens (tertiary/aromatic N) is 1. The van der Waals surface area contributed by atoms with Gasteiger partial charge in [0.05, 0.1) is 11.3 Å². The van der Waals surface area contributed by atoms with Gasteiger partial charge < -0.3 is 10.2 Å². The van der Waals surface area contributed by atoms with Gasteiger partial charge in [0.25, 0.3) is 5.91 Å². The molecule has 5 heteroatoms. The molecule has 4 nitrogen and oxygen atoms in total. The van der Waals surface area contributed by atoms with Gasteiger partial charge in [-0.25, -0.2) is 4.39 Å². The van der Waals surface area contributed by atoms with Crippen molar-refractivity contribution in [2.45, 2.75) is 32.1 Å². The number of likely N-dealkylation sites (tertiary alicyclic amines) is 1. The van der Waals surface area contributed by atoms with Crippen LogP contribution in [-0.4, -0.2) is 29.8 Å². The van der Waals surface area contributed by atoms with E-state index in [1.54, 1.807) is 42.5 Å². The molecule has 136 valence electrons. The maximum Gasteiger partial charge on any atom is 0.255 e. The molecule has 2 amide bonds. The molecule has 0 saturated carbocycles. The lowest BCUT2D eigenvalue weighted by atomic mass is 10.1. The number of nitrogens with one attached hydrogen (secondary N) is 1. The third kappa shape index (κ3) is 4.48. The molecular formula is C21H23FN2O2. The molecule has 1 aliphatic rings. The molecule has 2 aromatic carbocycles. The third-order valence-electron chi connectivity index (χ3n) is 4.65. The van der Waals surface area contributed by atoms with Crippen molar-refractivity contribution in [1.29, 1.82) is 0 Å². The van der Waals surface area contributed by atoms with E-state index in [1.165, 1.54) is 6.07 Å². The molecule has 0 atom stereocenters. The van der Waals surface area contributed by atoms with Crippen LogP contribution in [0.15, 0.2) is 48.5 Å². The number of amides is 2. The number of para-hydroxylation sites is 1. The summed E-state index contributed by atoms with van der Waals surface area (Å²) in [7, 11) is 0. The minimum atomic E-state index is -0.305. The lowest BCUT2D eigenvalue weighted by molar-refractivity contribution is -0.116. The van der Waals surface area contributed by atoms with E-state index in [9.17, 15) is 14.0 Å². The standard InChI is InChI=1S/C21H23FN2O2/c22-18-10-4-2-8-16(18)12-13-20(25)23-19-11-5-3-9-17(19)21(26)24-14-6-1-7-15-24/h2-5,8-11H,1,6-7,12-15H2,(H,23,25). The fourth-order valence-corrected chi connectivity index (χ4v) is 3.21.